The summed E-state index contributed by atoms with van der Waals surface area (Å²) in [7, 11) is 1.38. The van der Waals surface area contributed by atoms with E-state index in [2.05, 4.69) is 4.74 Å². The summed E-state index contributed by atoms with van der Waals surface area (Å²) in [5.74, 6) is -0.201. The third-order valence-electron chi connectivity index (χ3n) is 6.14. The van der Waals surface area contributed by atoms with Gasteiger partial charge in [-0.05, 0) is 12.8 Å². The van der Waals surface area contributed by atoms with Crippen LogP contribution in [0, 0.1) is 0 Å². The van der Waals surface area contributed by atoms with Gasteiger partial charge in [0.1, 0.15) is 36.6 Å². The molecule has 0 bridgehead atoms. The van der Waals surface area contributed by atoms with E-state index in [1.54, 1.807) is 0 Å². The maximum atomic E-state index is 11.1. The van der Waals surface area contributed by atoms with Crippen LogP contribution in [-0.4, -0.2) is 119 Å². The molecule has 12 nitrogen and oxygen atoms in total. The van der Waals surface area contributed by atoms with Gasteiger partial charge in [-0.2, -0.15) is 0 Å². The molecule has 2 heterocycles. The lowest BCUT2D eigenvalue weighted by molar-refractivity contribution is -0.350. The predicted molar refractivity (Wildman–Crippen MR) is 115 cm³/mol. The number of rotatable bonds is 14. The third kappa shape index (κ3) is 8.63. The molecular formula is C22H40O12. The van der Waals surface area contributed by atoms with E-state index in [4.69, 9.17) is 18.9 Å². The quantitative estimate of drug-likeness (QED) is 0.122. The molecule has 0 saturated carbocycles. The van der Waals surface area contributed by atoms with Crippen LogP contribution in [0.1, 0.15) is 51.4 Å². The van der Waals surface area contributed by atoms with Crippen molar-refractivity contribution in [2.75, 3.05) is 26.9 Å². The van der Waals surface area contributed by atoms with Crippen LogP contribution in [0.15, 0.2) is 0 Å². The molecule has 0 amide bonds. The van der Waals surface area contributed by atoms with E-state index >= 15 is 0 Å². The van der Waals surface area contributed by atoms with Crippen LogP contribution in [0.2, 0.25) is 0 Å². The van der Waals surface area contributed by atoms with Crippen molar-refractivity contribution in [3.8, 4) is 0 Å². The standard InChI is InChI=1S/C22H40O12/c1-30-17(26)8-6-4-2-3-5-7-9-31-21-14(10-13(25)15(11-23)33-21)32-22-20(29)19(28)18(27)16(12-24)34-22/h13-16,18-25,27-29H,2-12H2,1H3/t13-,14+,15+,16+,18+,19-,20+,21-,22+/m0/s1. The van der Waals surface area contributed by atoms with Crippen LogP contribution in [0.25, 0.3) is 0 Å². The SMILES string of the molecule is COC(=O)CCCCCCCCO[C@H]1O[C@H](CO)[C@@H](O)C[C@H]1O[C@@H]1O[C@H](CO)[C@@H](O)[C@H](O)[C@H]1O. The number of aliphatic hydroxyl groups excluding tert-OH is 6. The van der Waals surface area contributed by atoms with Gasteiger partial charge < -0.3 is 54.3 Å². The van der Waals surface area contributed by atoms with Crippen molar-refractivity contribution in [1.29, 1.82) is 0 Å². The summed E-state index contributed by atoms with van der Waals surface area (Å²) in [6.07, 6.45) is -5.24. The number of hydrogen-bond acceptors (Lipinski definition) is 12. The highest BCUT2D eigenvalue weighted by molar-refractivity contribution is 5.68. The van der Waals surface area contributed by atoms with Crippen LogP contribution in [0.3, 0.4) is 0 Å². The molecule has 34 heavy (non-hydrogen) atoms. The Balaban J connectivity index is 1.80. The average molecular weight is 497 g/mol. The first-order valence-corrected chi connectivity index (χ1v) is 11.9. The third-order valence-corrected chi connectivity index (χ3v) is 6.14. The number of unbranched alkanes of at least 4 members (excludes halogenated alkanes) is 5. The van der Waals surface area contributed by atoms with Crippen molar-refractivity contribution in [2.24, 2.45) is 0 Å². The highest BCUT2D eigenvalue weighted by atomic mass is 16.7. The molecule has 0 radical (unpaired) electrons. The zero-order valence-corrected chi connectivity index (χ0v) is 19.6. The van der Waals surface area contributed by atoms with E-state index in [1.807, 2.05) is 0 Å². The van der Waals surface area contributed by atoms with E-state index in [-0.39, 0.29) is 12.4 Å². The van der Waals surface area contributed by atoms with Crippen LogP contribution < -0.4 is 0 Å². The number of aliphatic hydroxyl groups is 6. The topological polar surface area (TPSA) is 185 Å². The minimum atomic E-state index is -1.59. The Labute approximate surface area is 199 Å². The fourth-order valence-corrected chi connectivity index (χ4v) is 4.01. The van der Waals surface area contributed by atoms with E-state index in [1.165, 1.54) is 7.11 Å². The fraction of sp³-hybridized carbons (Fsp3) is 0.955. The summed E-state index contributed by atoms with van der Waals surface area (Å²) >= 11 is 0. The van der Waals surface area contributed by atoms with E-state index in [0.29, 0.717) is 13.0 Å². The maximum absolute atomic E-state index is 11.1. The Morgan fingerprint density at radius 1 is 0.824 bits per heavy atom. The van der Waals surface area contributed by atoms with Crippen LogP contribution >= 0.6 is 0 Å². The molecule has 9 atom stereocenters. The van der Waals surface area contributed by atoms with Gasteiger partial charge >= 0.3 is 5.97 Å². The van der Waals surface area contributed by atoms with Crippen LogP contribution in [0.4, 0.5) is 0 Å². The number of carbonyl (C=O) groups is 1. The van der Waals surface area contributed by atoms with Crippen molar-refractivity contribution >= 4 is 5.97 Å². The Kier molecular flexibility index (Phi) is 13.1. The van der Waals surface area contributed by atoms with Gasteiger partial charge in [0.2, 0.25) is 0 Å². The molecule has 2 saturated heterocycles. The number of carbonyl (C=O) groups excluding carboxylic acids is 1. The van der Waals surface area contributed by atoms with Crippen molar-refractivity contribution < 1.29 is 59.1 Å². The molecule has 6 N–H and O–H groups in total. The van der Waals surface area contributed by atoms with Crippen molar-refractivity contribution in [2.45, 2.75) is 107 Å². The summed E-state index contributed by atoms with van der Waals surface area (Å²) in [6, 6.07) is 0. The smallest absolute Gasteiger partial charge is 0.305 e. The van der Waals surface area contributed by atoms with E-state index in [0.717, 1.165) is 38.5 Å². The van der Waals surface area contributed by atoms with Gasteiger partial charge in [0.15, 0.2) is 12.6 Å². The van der Waals surface area contributed by atoms with Gasteiger partial charge in [-0.15, -0.1) is 0 Å². The molecule has 0 aromatic rings. The summed E-state index contributed by atoms with van der Waals surface area (Å²) < 4.78 is 27.2. The van der Waals surface area contributed by atoms with Gasteiger partial charge in [-0.1, -0.05) is 25.7 Å². The van der Waals surface area contributed by atoms with Crippen molar-refractivity contribution in [3.05, 3.63) is 0 Å². The van der Waals surface area contributed by atoms with Gasteiger partial charge in [0, 0.05) is 19.4 Å². The summed E-state index contributed by atoms with van der Waals surface area (Å²) in [5.41, 5.74) is 0. The van der Waals surface area contributed by atoms with Crippen molar-refractivity contribution in [1.82, 2.24) is 0 Å². The second-order valence-electron chi connectivity index (χ2n) is 8.72. The first kappa shape index (κ1) is 29.3. The summed E-state index contributed by atoms with van der Waals surface area (Å²) in [5, 5.41) is 59.2. The van der Waals surface area contributed by atoms with Gasteiger partial charge in [-0.3, -0.25) is 4.79 Å². The van der Waals surface area contributed by atoms with Crippen LogP contribution in [-0.2, 0) is 28.5 Å². The average Bonchev–Trinajstić information content (AvgIpc) is 2.83. The van der Waals surface area contributed by atoms with E-state index in [9.17, 15) is 35.4 Å². The van der Waals surface area contributed by atoms with Gasteiger partial charge in [0.05, 0.1) is 26.4 Å². The molecule has 12 heteroatoms. The first-order valence-electron chi connectivity index (χ1n) is 11.9. The zero-order chi connectivity index (χ0) is 25.1. The van der Waals surface area contributed by atoms with Crippen LogP contribution in [0.5, 0.6) is 0 Å². The lowest BCUT2D eigenvalue weighted by atomic mass is 9.98. The number of esters is 1. The molecule has 200 valence electrons. The molecule has 2 rings (SSSR count). The minimum absolute atomic E-state index is 0.0190. The molecule has 0 spiro atoms. The molecule has 2 aliphatic heterocycles. The lowest BCUT2D eigenvalue weighted by Gasteiger charge is -2.44. The van der Waals surface area contributed by atoms with Gasteiger partial charge in [-0.25, -0.2) is 0 Å². The van der Waals surface area contributed by atoms with Gasteiger partial charge in [0.25, 0.3) is 0 Å². The highest BCUT2D eigenvalue weighted by Crippen LogP contribution is 2.29. The second kappa shape index (κ2) is 15.2. The number of ether oxygens (including phenoxy) is 5. The molecule has 0 unspecified atom stereocenters. The normalized spacial score (nSPS) is 36.4. The second-order valence-corrected chi connectivity index (χ2v) is 8.72. The Morgan fingerprint density at radius 2 is 1.44 bits per heavy atom. The summed E-state index contributed by atoms with van der Waals surface area (Å²) in [4.78, 5) is 11.1. The summed E-state index contributed by atoms with van der Waals surface area (Å²) in [6.45, 7) is -0.682. The fourth-order valence-electron chi connectivity index (χ4n) is 4.01. The Bertz CT molecular complexity index is 576. The van der Waals surface area contributed by atoms with Crippen molar-refractivity contribution in [3.63, 3.8) is 0 Å². The Morgan fingerprint density at radius 3 is 2.09 bits per heavy atom. The minimum Gasteiger partial charge on any atom is -0.469 e. The predicted octanol–water partition coefficient (Wildman–Crippen LogP) is -1.44. The lowest BCUT2D eigenvalue weighted by Crippen LogP contribution is -2.61. The molecule has 0 aromatic heterocycles. The zero-order valence-electron chi connectivity index (χ0n) is 19.6. The molecular weight excluding hydrogens is 456 g/mol. The maximum Gasteiger partial charge on any atom is 0.305 e. The molecule has 2 fully saturated rings. The molecule has 0 aliphatic carbocycles. The monoisotopic (exact) mass is 496 g/mol. The number of methoxy groups -OCH3 is 1. The van der Waals surface area contributed by atoms with E-state index < -0.39 is 68.5 Å². The largest absolute Gasteiger partial charge is 0.469 e. The molecule has 0 aromatic carbocycles. The number of hydrogen-bond donors (Lipinski definition) is 6. The highest BCUT2D eigenvalue weighted by Gasteiger charge is 2.47. The Hall–Kier alpha value is -0.930. The molecule has 2 aliphatic rings. The first-order chi connectivity index (χ1) is 16.3.